The van der Waals surface area contributed by atoms with Crippen molar-refractivity contribution in [1.82, 2.24) is 9.62 Å². The number of piperidine rings is 1. The van der Waals surface area contributed by atoms with E-state index < -0.39 is 10.0 Å². The molecule has 2 heterocycles. The van der Waals surface area contributed by atoms with Crippen LogP contribution in [-0.2, 0) is 10.0 Å². The van der Waals surface area contributed by atoms with Gasteiger partial charge in [0.15, 0.2) is 0 Å². The molecule has 21 heavy (non-hydrogen) atoms. The minimum absolute atomic E-state index is 0.0129. The van der Waals surface area contributed by atoms with E-state index in [1.54, 1.807) is 12.1 Å². The molecular formula is C15H19N3O2S. The first-order chi connectivity index (χ1) is 10.1. The van der Waals surface area contributed by atoms with Crippen molar-refractivity contribution in [1.29, 1.82) is 5.26 Å². The topological polar surface area (TPSA) is 73.2 Å². The number of benzene rings is 1. The lowest BCUT2D eigenvalue weighted by Crippen LogP contribution is -2.46. The van der Waals surface area contributed by atoms with Crippen molar-refractivity contribution in [2.45, 2.75) is 42.7 Å². The summed E-state index contributed by atoms with van der Waals surface area (Å²) in [5, 5.41) is 8.89. The van der Waals surface area contributed by atoms with Crippen molar-refractivity contribution < 1.29 is 8.42 Å². The first-order valence-electron chi connectivity index (χ1n) is 7.37. The largest absolute Gasteiger partial charge is 0.299 e. The van der Waals surface area contributed by atoms with Gasteiger partial charge >= 0.3 is 0 Å². The van der Waals surface area contributed by atoms with Gasteiger partial charge in [0, 0.05) is 18.6 Å². The maximum absolute atomic E-state index is 12.5. The lowest BCUT2D eigenvalue weighted by molar-refractivity contribution is 0.186. The van der Waals surface area contributed by atoms with Gasteiger partial charge in [0.25, 0.3) is 0 Å². The van der Waals surface area contributed by atoms with Crippen molar-refractivity contribution in [3.63, 3.8) is 0 Å². The molecule has 6 heteroatoms. The van der Waals surface area contributed by atoms with Gasteiger partial charge < -0.3 is 0 Å². The molecule has 1 aromatic carbocycles. The van der Waals surface area contributed by atoms with E-state index in [0.717, 1.165) is 25.9 Å². The smallest absolute Gasteiger partial charge is 0.240 e. The van der Waals surface area contributed by atoms with E-state index in [2.05, 4.69) is 9.62 Å². The highest BCUT2D eigenvalue weighted by atomic mass is 32.2. The van der Waals surface area contributed by atoms with Gasteiger partial charge in [0.2, 0.25) is 10.0 Å². The summed E-state index contributed by atoms with van der Waals surface area (Å²) in [5.41, 5.74) is 0.364. The Kier molecular flexibility index (Phi) is 3.98. The monoisotopic (exact) mass is 305 g/mol. The maximum Gasteiger partial charge on any atom is 0.240 e. The molecule has 1 aromatic rings. The van der Waals surface area contributed by atoms with Crippen LogP contribution >= 0.6 is 0 Å². The Morgan fingerprint density at radius 1 is 1.24 bits per heavy atom. The zero-order valence-electron chi connectivity index (χ0n) is 11.8. The number of nitriles is 1. The first-order valence-corrected chi connectivity index (χ1v) is 8.85. The van der Waals surface area contributed by atoms with Crippen molar-refractivity contribution >= 4 is 10.0 Å². The number of rotatable bonds is 3. The molecule has 2 atom stereocenters. The Bertz CT molecular complexity index is 666. The fourth-order valence-corrected chi connectivity index (χ4v) is 4.73. The van der Waals surface area contributed by atoms with E-state index in [0.29, 0.717) is 11.6 Å². The molecule has 2 fully saturated rings. The number of sulfonamides is 1. The summed E-state index contributed by atoms with van der Waals surface area (Å²) < 4.78 is 27.8. The number of nitrogens with one attached hydrogen (secondary N) is 1. The van der Waals surface area contributed by atoms with Crippen LogP contribution in [0.1, 0.15) is 31.2 Å². The lowest BCUT2D eigenvalue weighted by atomic mass is 10.00. The molecule has 0 spiro atoms. The maximum atomic E-state index is 12.5. The van der Waals surface area contributed by atoms with E-state index in [1.165, 1.54) is 25.0 Å². The summed E-state index contributed by atoms with van der Waals surface area (Å²) in [6.07, 6.45) is 4.30. The normalized spacial score (nSPS) is 26.2. The van der Waals surface area contributed by atoms with Crippen LogP contribution in [-0.4, -0.2) is 38.5 Å². The number of hydrogen-bond acceptors (Lipinski definition) is 4. The molecule has 0 aromatic heterocycles. The van der Waals surface area contributed by atoms with Gasteiger partial charge in [0.05, 0.1) is 16.5 Å². The van der Waals surface area contributed by atoms with Crippen LogP contribution in [0.4, 0.5) is 0 Å². The summed E-state index contributed by atoms with van der Waals surface area (Å²) >= 11 is 0. The molecule has 0 aliphatic carbocycles. The van der Waals surface area contributed by atoms with Gasteiger partial charge in [-0.2, -0.15) is 5.26 Å². The molecule has 2 saturated heterocycles. The van der Waals surface area contributed by atoms with Crippen LogP contribution < -0.4 is 4.72 Å². The third kappa shape index (κ3) is 2.95. The van der Waals surface area contributed by atoms with E-state index >= 15 is 0 Å². The molecule has 2 aliphatic heterocycles. The van der Waals surface area contributed by atoms with Gasteiger partial charge in [-0.05, 0) is 44.0 Å². The first kappa shape index (κ1) is 14.5. The molecule has 0 radical (unpaired) electrons. The van der Waals surface area contributed by atoms with Crippen LogP contribution in [0.15, 0.2) is 29.2 Å². The Hall–Kier alpha value is -1.42. The highest BCUT2D eigenvalue weighted by Gasteiger charge is 2.37. The van der Waals surface area contributed by atoms with Crippen LogP contribution in [0.3, 0.4) is 0 Å². The number of fused-ring (bicyclic) bond motifs is 1. The van der Waals surface area contributed by atoms with Gasteiger partial charge in [0.1, 0.15) is 0 Å². The average molecular weight is 305 g/mol. The Morgan fingerprint density at radius 2 is 2.10 bits per heavy atom. The molecule has 5 nitrogen and oxygen atoms in total. The minimum atomic E-state index is -3.55. The third-order valence-corrected chi connectivity index (χ3v) is 5.92. The molecule has 0 bridgehead atoms. The third-order valence-electron chi connectivity index (χ3n) is 4.44. The predicted octanol–water partition coefficient (Wildman–Crippen LogP) is 1.46. The molecule has 112 valence electrons. The van der Waals surface area contributed by atoms with Crippen LogP contribution in [0, 0.1) is 11.3 Å². The van der Waals surface area contributed by atoms with Gasteiger partial charge in [-0.1, -0.05) is 12.5 Å². The molecule has 3 rings (SSSR count). The van der Waals surface area contributed by atoms with Crippen LogP contribution in [0.5, 0.6) is 0 Å². The Balaban J connectivity index is 1.78. The highest BCUT2D eigenvalue weighted by Crippen LogP contribution is 2.28. The average Bonchev–Trinajstić information content (AvgIpc) is 2.90. The van der Waals surface area contributed by atoms with Gasteiger partial charge in [-0.25, -0.2) is 13.1 Å². The SMILES string of the molecule is N#Cc1cccc(S(=O)(=O)N[C@@H]2CCN3CCCC[C@H]23)c1. The zero-order valence-corrected chi connectivity index (χ0v) is 12.6. The second kappa shape index (κ2) is 5.76. The van der Waals surface area contributed by atoms with E-state index in [9.17, 15) is 8.42 Å². The second-order valence-corrected chi connectivity index (χ2v) is 7.47. The summed E-state index contributed by atoms with van der Waals surface area (Å²) in [7, 11) is -3.55. The second-order valence-electron chi connectivity index (χ2n) is 5.76. The fourth-order valence-electron chi connectivity index (χ4n) is 3.38. The van der Waals surface area contributed by atoms with Gasteiger partial charge in [-0.3, -0.25) is 4.90 Å². The predicted molar refractivity (Wildman–Crippen MR) is 79.1 cm³/mol. The van der Waals surface area contributed by atoms with Crippen LogP contribution in [0.25, 0.3) is 0 Å². The molecule has 0 saturated carbocycles. The van der Waals surface area contributed by atoms with Crippen LogP contribution in [0.2, 0.25) is 0 Å². The summed E-state index contributed by atoms with van der Waals surface area (Å²) in [6.45, 7) is 2.04. The fraction of sp³-hybridized carbons (Fsp3) is 0.533. The van der Waals surface area contributed by atoms with E-state index in [4.69, 9.17) is 5.26 Å². The number of nitrogens with zero attached hydrogens (tertiary/aromatic N) is 2. The Labute approximate surface area is 125 Å². The zero-order chi connectivity index (χ0) is 14.9. The molecule has 2 aliphatic rings. The van der Waals surface area contributed by atoms with Gasteiger partial charge in [-0.15, -0.1) is 0 Å². The minimum Gasteiger partial charge on any atom is -0.299 e. The standard InChI is InChI=1S/C15H19N3O2S/c16-11-12-4-3-5-13(10-12)21(19,20)17-14-7-9-18-8-2-1-6-15(14)18/h3-5,10,14-15,17H,1-2,6-9H2/t14-,15-/m1/s1. The summed E-state index contributed by atoms with van der Waals surface area (Å²) in [4.78, 5) is 2.57. The quantitative estimate of drug-likeness (QED) is 0.917. The summed E-state index contributed by atoms with van der Waals surface area (Å²) in [5.74, 6) is 0. The Morgan fingerprint density at radius 3 is 2.90 bits per heavy atom. The van der Waals surface area contributed by atoms with Crippen molar-refractivity contribution in [3.8, 4) is 6.07 Å². The molecule has 1 N–H and O–H groups in total. The summed E-state index contributed by atoms with van der Waals surface area (Å²) in [6, 6.07) is 8.47. The number of hydrogen-bond donors (Lipinski definition) is 1. The lowest BCUT2D eigenvalue weighted by Gasteiger charge is -2.32. The van der Waals surface area contributed by atoms with E-state index in [-0.39, 0.29) is 10.9 Å². The highest BCUT2D eigenvalue weighted by molar-refractivity contribution is 7.89. The van der Waals surface area contributed by atoms with Crippen molar-refractivity contribution in [2.75, 3.05) is 13.1 Å². The van der Waals surface area contributed by atoms with Crippen molar-refractivity contribution in [3.05, 3.63) is 29.8 Å². The van der Waals surface area contributed by atoms with E-state index in [1.807, 2.05) is 6.07 Å². The van der Waals surface area contributed by atoms with Crippen molar-refractivity contribution in [2.24, 2.45) is 0 Å². The molecular weight excluding hydrogens is 286 g/mol. The molecule has 0 unspecified atom stereocenters. The molecule has 0 amide bonds.